The van der Waals surface area contributed by atoms with Gasteiger partial charge in [-0.05, 0) is 24.6 Å². The highest BCUT2D eigenvalue weighted by atomic mass is 32.2. The Kier molecular flexibility index (Phi) is 2.84. The number of hydrogen-bond acceptors (Lipinski definition) is 3. The van der Waals surface area contributed by atoms with Crippen LogP contribution >= 0.6 is 0 Å². The lowest BCUT2D eigenvalue weighted by Crippen LogP contribution is -2.13. The smallest absolute Gasteiger partial charge is 0.278 e. The zero-order valence-corrected chi connectivity index (χ0v) is 9.75. The summed E-state index contributed by atoms with van der Waals surface area (Å²) < 4.78 is 39.0. The van der Waals surface area contributed by atoms with E-state index in [1.54, 1.807) is 6.92 Å². The Labute approximate surface area is 97.8 Å². The van der Waals surface area contributed by atoms with Crippen molar-refractivity contribution in [3.8, 4) is 0 Å². The molecular weight excluding hydrogens is 245 g/mol. The van der Waals surface area contributed by atoms with E-state index in [9.17, 15) is 12.8 Å². The molecule has 0 amide bonds. The first-order valence-corrected chi connectivity index (χ1v) is 6.25. The minimum absolute atomic E-state index is 0.0708. The maximum atomic E-state index is 13.2. The Hall–Kier alpha value is -1.89. The highest BCUT2D eigenvalue weighted by Crippen LogP contribution is 2.17. The summed E-state index contributed by atoms with van der Waals surface area (Å²) in [5.41, 5.74) is 0.622. The topological polar surface area (TPSA) is 74.8 Å². The van der Waals surface area contributed by atoms with Crippen molar-refractivity contribution in [1.82, 2.24) is 9.97 Å². The number of H-pyrrole nitrogens is 1. The highest BCUT2D eigenvalue weighted by Gasteiger charge is 2.15. The molecule has 0 aliphatic rings. The molecule has 0 saturated carbocycles. The average Bonchev–Trinajstić information content (AvgIpc) is 2.77. The van der Waals surface area contributed by atoms with Crippen molar-refractivity contribution in [3.05, 3.63) is 42.1 Å². The van der Waals surface area contributed by atoms with Crippen molar-refractivity contribution in [2.75, 3.05) is 4.72 Å². The van der Waals surface area contributed by atoms with Crippen molar-refractivity contribution in [2.24, 2.45) is 0 Å². The molecule has 0 unspecified atom stereocenters. The van der Waals surface area contributed by atoms with Crippen LogP contribution in [0.25, 0.3) is 0 Å². The summed E-state index contributed by atoms with van der Waals surface area (Å²) in [7, 11) is -3.73. The zero-order valence-electron chi connectivity index (χ0n) is 8.94. The molecule has 0 spiro atoms. The van der Waals surface area contributed by atoms with Gasteiger partial charge in [0.2, 0.25) is 0 Å². The van der Waals surface area contributed by atoms with E-state index in [4.69, 9.17) is 0 Å². The number of nitrogens with one attached hydrogen (secondary N) is 2. The number of hydrogen-bond donors (Lipinski definition) is 2. The number of halogens is 1. The molecule has 0 radical (unpaired) electrons. The van der Waals surface area contributed by atoms with Crippen LogP contribution in [-0.2, 0) is 10.0 Å². The SMILES string of the molecule is Cc1ccc(NS(=O)(=O)c2cnc[nH]2)cc1F. The molecule has 0 aliphatic carbocycles. The van der Waals surface area contributed by atoms with E-state index in [-0.39, 0.29) is 10.7 Å². The fourth-order valence-corrected chi connectivity index (χ4v) is 2.21. The first-order chi connectivity index (χ1) is 7.99. The molecule has 0 aliphatic heterocycles. The largest absolute Gasteiger partial charge is 0.334 e. The van der Waals surface area contributed by atoms with E-state index in [2.05, 4.69) is 14.7 Å². The molecule has 7 heteroatoms. The molecule has 2 N–H and O–H groups in total. The quantitative estimate of drug-likeness (QED) is 0.875. The van der Waals surface area contributed by atoms with E-state index < -0.39 is 15.8 Å². The monoisotopic (exact) mass is 255 g/mol. The number of nitrogens with zero attached hydrogens (tertiary/aromatic N) is 1. The molecule has 1 aromatic carbocycles. The van der Waals surface area contributed by atoms with Gasteiger partial charge in [-0.1, -0.05) is 6.07 Å². The van der Waals surface area contributed by atoms with Gasteiger partial charge >= 0.3 is 0 Å². The molecule has 0 atom stereocenters. The maximum absolute atomic E-state index is 13.2. The number of rotatable bonds is 3. The number of aromatic amines is 1. The number of anilines is 1. The third-order valence-electron chi connectivity index (χ3n) is 2.19. The predicted octanol–water partition coefficient (Wildman–Crippen LogP) is 1.66. The van der Waals surface area contributed by atoms with Crippen molar-refractivity contribution in [2.45, 2.75) is 11.9 Å². The van der Waals surface area contributed by atoms with Gasteiger partial charge in [-0.3, -0.25) is 4.72 Å². The van der Waals surface area contributed by atoms with Gasteiger partial charge in [0.1, 0.15) is 5.82 Å². The maximum Gasteiger partial charge on any atom is 0.278 e. The molecule has 2 rings (SSSR count). The lowest BCUT2D eigenvalue weighted by molar-refractivity contribution is 0.598. The van der Waals surface area contributed by atoms with Crippen molar-refractivity contribution >= 4 is 15.7 Å². The lowest BCUT2D eigenvalue weighted by atomic mass is 10.2. The van der Waals surface area contributed by atoms with Gasteiger partial charge in [-0.2, -0.15) is 8.42 Å². The van der Waals surface area contributed by atoms with Gasteiger partial charge in [-0.25, -0.2) is 9.37 Å². The van der Waals surface area contributed by atoms with Gasteiger partial charge in [-0.15, -0.1) is 0 Å². The second-order valence-corrected chi connectivity index (χ2v) is 5.14. The minimum atomic E-state index is -3.73. The summed E-state index contributed by atoms with van der Waals surface area (Å²) in [5.74, 6) is -0.463. The molecule has 2 aromatic rings. The van der Waals surface area contributed by atoms with E-state index in [0.717, 1.165) is 6.07 Å². The van der Waals surface area contributed by atoms with Gasteiger partial charge in [0.25, 0.3) is 10.0 Å². The molecule has 0 fully saturated rings. The molecule has 1 aromatic heterocycles. The van der Waals surface area contributed by atoms with Crippen LogP contribution in [0.4, 0.5) is 10.1 Å². The van der Waals surface area contributed by atoms with Crippen LogP contribution in [0, 0.1) is 12.7 Å². The molecule has 1 heterocycles. The van der Waals surface area contributed by atoms with Crippen LogP contribution in [0.5, 0.6) is 0 Å². The Balaban J connectivity index is 2.30. The van der Waals surface area contributed by atoms with Gasteiger partial charge < -0.3 is 4.98 Å². The standard InChI is InChI=1S/C10H10FN3O2S/c1-7-2-3-8(4-9(7)11)14-17(15,16)10-5-12-6-13-10/h2-6,14H,1H3,(H,12,13). The first-order valence-electron chi connectivity index (χ1n) is 4.76. The van der Waals surface area contributed by atoms with Crippen molar-refractivity contribution < 1.29 is 12.8 Å². The third kappa shape index (κ3) is 2.44. The Morgan fingerprint density at radius 2 is 2.18 bits per heavy atom. The molecule has 5 nitrogen and oxygen atoms in total. The number of imidazole rings is 1. The Bertz CT molecular complexity index is 623. The second-order valence-electron chi connectivity index (χ2n) is 3.49. The minimum Gasteiger partial charge on any atom is -0.334 e. The Morgan fingerprint density at radius 1 is 1.41 bits per heavy atom. The van der Waals surface area contributed by atoms with E-state index in [0.29, 0.717) is 5.56 Å². The van der Waals surface area contributed by atoms with Crippen LogP contribution in [0.3, 0.4) is 0 Å². The summed E-state index contributed by atoms with van der Waals surface area (Å²) >= 11 is 0. The number of aryl methyl sites for hydroxylation is 1. The molecule has 90 valence electrons. The molecule has 0 saturated heterocycles. The normalized spacial score (nSPS) is 11.4. The van der Waals surface area contributed by atoms with E-state index in [1.165, 1.54) is 24.7 Å². The third-order valence-corrected chi connectivity index (χ3v) is 3.49. The van der Waals surface area contributed by atoms with Crippen LogP contribution in [0.1, 0.15) is 5.56 Å². The molecule has 0 bridgehead atoms. The fourth-order valence-electron chi connectivity index (χ4n) is 1.26. The summed E-state index contributed by atoms with van der Waals surface area (Å²) in [5, 5.41) is -0.0708. The highest BCUT2D eigenvalue weighted by molar-refractivity contribution is 7.92. The fraction of sp³-hybridized carbons (Fsp3) is 0.100. The van der Waals surface area contributed by atoms with Gasteiger partial charge in [0.05, 0.1) is 18.2 Å². The van der Waals surface area contributed by atoms with Crippen LogP contribution in [0.2, 0.25) is 0 Å². The predicted molar refractivity (Wildman–Crippen MR) is 60.5 cm³/mol. The molecular formula is C10H10FN3O2S. The number of benzene rings is 1. The van der Waals surface area contributed by atoms with Crippen LogP contribution in [0.15, 0.2) is 35.7 Å². The lowest BCUT2D eigenvalue weighted by Gasteiger charge is -2.06. The van der Waals surface area contributed by atoms with E-state index >= 15 is 0 Å². The van der Waals surface area contributed by atoms with Crippen molar-refractivity contribution in [1.29, 1.82) is 0 Å². The Morgan fingerprint density at radius 3 is 2.76 bits per heavy atom. The summed E-state index contributed by atoms with van der Waals surface area (Å²) in [6.07, 6.45) is 2.43. The van der Waals surface area contributed by atoms with Crippen molar-refractivity contribution in [3.63, 3.8) is 0 Å². The second kappa shape index (κ2) is 4.17. The molecule has 17 heavy (non-hydrogen) atoms. The first kappa shape index (κ1) is 11.6. The summed E-state index contributed by atoms with van der Waals surface area (Å²) in [6.45, 7) is 1.60. The zero-order chi connectivity index (χ0) is 12.5. The van der Waals surface area contributed by atoms with Gasteiger partial charge in [0.15, 0.2) is 5.03 Å². The van der Waals surface area contributed by atoms with Crippen LogP contribution < -0.4 is 4.72 Å². The summed E-state index contributed by atoms with van der Waals surface area (Å²) in [4.78, 5) is 6.08. The van der Waals surface area contributed by atoms with E-state index in [1.807, 2.05) is 0 Å². The number of sulfonamides is 1. The summed E-state index contributed by atoms with van der Waals surface area (Å²) in [6, 6.07) is 4.12. The van der Waals surface area contributed by atoms with Crippen LogP contribution in [-0.4, -0.2) is 18.4 Å². The van der Waals surface area contributed by atoms with Gasteiger partial charge in [0, 0.05) is 0 Å². The number of aromatic nitrogens is 2. The average molecular weight is 255 g/mol.